The number of aromatic nitrogens is 4. The molecule has 5 rings (SSSR count). The van der Waals surface area contributed by atoms with Gasteiger partial charge in [-0.2, -0.15) is 0 Å². The third-order valence-electron chi connectivity index (χ3n) is 4.74. The number of hydrogen-bond donors (Lipinski definition) is 0. The van der Waals surface area contributed by atoms with Crippen molar-refractivity contribution in [2.75, 3.05) is 6.79 Å². The third-order valence-corrected chi connectivity index (χ3v) is 6.49. The van der Waals surface area contributed by atoms with E-state index in [1.54, 1.807) is 24.2 Å². The topological polar surface area (TPSA) is 62.1 Å². The Morgan fingerprint density at radius 2 is 1.73 bits per heavy atom. The van der Waals surface area contributed by atoms with Crippen LogP contribution in [0.5, 0.6) is 11.5 Å². The molecule has 1 aliphatic rings. The smallest absolute Gasteiger partial charge is 0.231 e. The number of nitrogens with zero attached hydrogens (tertiary/aromatic N) is 4. The molecule has 0 saturated carbocycles. The maximum atomic E-state index is 5.52. The van der Waals surface area contributed by atoms with E-state index < -0.39 is 0 Å². The van der Waals surface area contributed by atoms with Crippen LogP contribution in [-0.4, -0.2) is 26.5 Å². The van der Waals surface area contributed by atoms with Crippen molar-refractivity contribution >= 4 is 27.7 Å². The van der Waals surface area contributed by atoms with Crippen LogP contribution in [0.25, 0.3) is 11.4 Å². The fourth-order valence-corrected chi connectivity index (χ4v) is 4.81. The predicted octanol–water partition coefficient (Wildman–Crippen LogP) is 5.17. The Bertz CT molecular complexity index is 1170. The number of thioether (sulfide) groups is 1. The zero-order valence-electron chi connectivity index (χ0n) is 15.9. The van der Waals surface area contributed by atoms with Crippen LogP contribution in [0.2, 0.25) is 0 Å². The molecule has 2 aromatic carbocycles. The molecule has 0 fully saturated rings. The monoisotopic (exact) mass is 480 g/mol. The van der Waals surface area contributed by atoms with Crippen LogP contribution < -0.4 is 9.47 Å². The van der Waals surface area contributed by atoms with Crippen LogP contribution in [0.1, 0.15) is 11.1 Å². The molecule has 0 radical (unpaired) electrons. The first kappa shape index (κ1) is 19.1. The summed E-state index contributed by atoms with van der Waals surface area (Å²) in [6, 6.07) is 18.2. The number of pyridine rings is 1. The molecule has 0 spiro atoms. The summed E-state index contributed by atoms with van der Waals surface area (Å²) < 4.78 is 14.1. The zero-order chi connectivity index (χ0) is 20.3. The molecule has 0 bridgehead atoms. The highest BCUT2D eigenvalue weighted by Gasteiger charge is 2.19. The molecular formula is C22H17BrN4O2S. The number of ether oxygens (including phenoxy) is 2. The Morgan fingerprint density at radius 1 is 0.967 bits per heavy atom. The normalized spacial score (nSPS) is 12.3. The summed E-state index contributed by atoms with van der Waals surface area (Å²) in [6.07, 6.45) is 3.54. The second kappa shape index (κ2) is 8.49. The third kappa shape index (κ3) is 3.93. The lowest BCUT2D eigenvalue weighted by atomic mass is 10.2. The van der Waals surface area contributed by atoms with Gasteiger partial charge < -0.3 is 9.47 Å². The van der Waals surface area contributed by atoms with Gasteiger partial charge in [0.1, 0.15) is 0 Å². The average molecular weight is 481 g/mol. The fourth-order valence-electron chi connectivity index (χ4n) is 3.23. The van der Waals surface area contributed by atoms with E-state index in [-0.39, 0.29) is 6.79 Å². The summed E-state index contributed by atoms with van der Waals surface area (Å²) in [7, 11) is 0. The van der Waals surface area contributed by atoms with E-state index >= 15 is 0 Å². The number of rotatable bonds is 6. The van der Waals surface area contributed by atoms with Gasteiger partial charge in [-0.05, 0) is 35.4 Å². The second-order valence-electron chi connectivity index (χ2n) is 6.70. The highest BCUT2D eigenvalue weighted by Crippen LogP contribution is 2.39. The first-order chi connectivity index (χ1) is 14.8. The van der Waals surface area contributed by atoms with E-state index in [4.69, 9.17) is 9.47 Å². The molecule has 30 heavy (non-hydrogen) atoms. The summed E-state index contributed by atoms with van der Waals surface area (Å²) in [5.41, 5.74) is 3.30. The molecule has 3 heterocycles. The minimum absolute atomic E-state index is 0.263. The van der Waals surface area contributed by atoms with E-state index in [1.807, 2.05) is 42.5 Å². The number of benzene rings is 2. The summed E-state index contributed by atoms with van der Waals surface area (Å²) in [6.45, 7) is 0.954. The van der Waals surface area contributed by atoms with Crippen molar-refractivity contribution < 1.29 is 9.47 Å². The van der Waals surface area contributed by atoms with Crippen LogP contribution in [0.15, 0.2) is 76.6 Å². The molecule has 0 unspecified atom stereocenters. The van der Waals surface area contributed by atoms with Crippen molar-refractivity contribution in [2.45, 2.75) is 17.5 Å². The van der Waals surface area contributed by atoms with E-state index in [0.29, 0.717) is 6.54 Å². The van der Waals surface area contributed by atoms with Crippen molar-refractivity contribution in [1.29, 1.82) is 0 Å². The van der Waals surface area contributed by atoms with Crippen LogP contribution in [0.4, 0.5) is 0 Å². The first-order valence-electron chi connectivity index (χ1n) is 9.36. The van der Waals surface area contributed by atoms with Gasteiger partial charge in [-0.1, -0.05) is 58.0 Å². The summed E-state index contributed by atoms with van der Waals surface area (Å²) in [5, 5.41) is 9.83. The highest BCUT2D eigenvalue weighted by molar-refractivity contribution is 9.10. The van der Waals surface area contributed by atoms with Gasteiger partial charge in [0.2, 0.25) is 6.79 Å². The Hall–Kier alpha value is -2.84. The molecule has 8 heteroatoms. The number of hydrogen-bond acceptors (Lipinski definition) is 6. The fraction of sp³-hybridized carbons (Fsp3) is 0.136. The zero-order valence-corrected chi connectivity index (χ0v) is 18.3. The van der Waals surface area contributed by atoms with Crippen molar-refractivity contribution in [2.24, 2.45) is 0 Å². The molecule has 0 atom stereocenters. The highest BCUT2D eigenvalue weighted by atomic mass is 79.9. The molecule has 0 N–H and O–H groups in total. The van der Waals surface area contributed by atoms with Gasteiger partial charge in [0.05, 0.1) is 6.54 Å². The number of fused-ring (bicyclic) bond motifs is 1. The van der Waals surface area contributed by atoms with Gasteiger partial charge in [0.15, 0.2) is 22.5 Å². The largest absolute Gasteiger partial charge is 0.454 e. The predicted molar refractivity (Wildman–Crippen MR) is 119 cm³/mol. The first-order valence-corrected chi connectivity index (χ1v) is 11.1. The molecule has 4 aromatic rings. The van der Waals surface area contributed by atoms with Crippen molar-refractivity contribution in [1.82, 2.24) is 19.7 Å². The van der Waals surface area contributed by atoms with Crippen molar-refractivity contribution in [3.8, 4) is 22.9 Å². The van der Waals surface area contributed by atoms with Gasteiger partial charge >= 0.3 is 0 Å². The van der Waals surface area contributed by atoms with Crippen LogP contribution in [0, 0.1) is 0 Å². The van der Waals surface area contributed by atoms with Crippen molar-refractivity contribution in [3.05, 3.63) is 82.6 Å². The Labute approximate surface area is 186 Å². The molecular weight excluding hydrogens is 464 g/mol. The Balaban J connectivity index is 1.45. The number of halogens is 1. The standard InChI is InChI=1S/C22H17BrN4O2S/c23-18-11-20-19(28-14-29-20)10-17(18)13-30-22-26-25-21(16-6-8-24-9-7-16)27(22)12-15-4-2-1-3-5-15/h1-11H,12-14H2. The molecule has 2 aromatic heterocycles. The minimum atomic E-state index is 0.263. The SMILES string of the molecule is Brc1cc2c(cc1CSc1nnc(-c3ccncc3)n1Cc1ccccc1)OCO2. The van der Waals surface area contributed by atoms with E-state index in [2.05, 4.69) is 47.8 Å². The lowest BCUT2D eigenvalue weighted by Gasteiger charge is -2.11. The van der Waals surface area contributed by atoms with E-state index in [9.17, 15) is 0 Å². The quantitative estimate of drug-likeness (QED) is 0.354. The minimum Gasteiger partial charge on any atom is -0.454 e. The molecule has 1 aliphatic heterocycles. The maximum absolute atomic E-state index is 5.52. The van der Waals surface area contributed by atoms with Gasteiger partial charge in [-0.25, -0.2) is 0 Å². The summed E-state index contributed by atoms with van der Waals surface area (Å²) in [5.74, 6) is 3.09. The van der Waals surface area contributed by atoms with Crippen LogP contribution in [0.3, 0.4) is 0 Å². The van der Waals surface area contributed by atoms with Gasteiger partial charge in [0.25, 0.3) is 0 Å². The molecule has 0 amide bonds. The van der Waals surface area contributed by atoms with Crippen LogP contribution in [-0.2, 0) is 12.3 Å². The van der Waals surface area contributed by atoms with E-state index in [1.165, 1.54) is 5.56 Å². The van der Waals surface area contributed by atoms with E-state index in [0.717, 1.165) is 43.8 Å². The lowest BCUT2D eigenvalue weighted by molar-refractivity contribution is 0.174. The Morgan fingerprint density at radius 3 is 2.53 bits per heavy atom. The lowest BCUT2D eigenvalue weighted by Crippen LogP contribution is -2.04. The van der Waals surface area contributed by atoms with Gasteiger partial charge in [0, 0.05) is 28.2 Å². The Kier molecular flexibility index (Phi) is 5.42. The molecule has 150 valence electrons. The molecule has 6 nitrogen and oxygen atoms in total. The second-order valence-corrected chi connectivity index (χ2v) is 8.50. The molecule has 0 saturated heterocycles. The average Bonchev–Trinajstić information content (AvgIpc) is 3.40. The van der Waals surface area contributed by atoms with Gasteiger partial charge in [-0.3, -0.25) is 9.55 Å². The summed E-state index contributed by atoms with van der Waals surface area (Å²) in [4.78, 5) is 4.12. The van der Waals surface area contributed by atoms with Crippen LogP contribution >= 0.6 is 27.7 Å². The van der Waals surface area contributed by atoms with Gasteiger partial charge in [-0.15, -0.1) is 10.2 Å². The summed E-state index contributed by atoms with van der Waals surface area (Å²) >= 11 is 5.28. The van der Waals surface area contributed by atoms with Crippen molar-refractivity contribution in [3.63, 3.8) is 0 Å². The molecule has 0 aliphatic carbocycles. The maximum Gasteiger partial charge on any atom is 0.231 e.